The second-order valence-corrected chi connectivity index (χ2v) is 3.32. The van der Waals surface area contributed by atoms with Crippen molar-refractivity contribution in [3.63, 3.8) is 0 Å². The number of hydrogen-bond acceptors (Lipinski definition) is 5. The van der Waals surface area contributed by atoms with E-state index in [0.717, 1.165) is 5.12 Å². The molecule has 0 spiro atoms. The first-order valence-electron chi connectivity index (χ1n) is 2.25. The van der Waals surface area contributed by atoms with E-state index < -0.39 is 27.1 Å². The Hall–Kier alpha value is -0.558. The van der Waals surface area contributed by atoms with Crippen molar-refractivity contribution in [3.8, 4) is 0 Å². The van der Waals surface area contributed by atoms with Gasteiger partial charge >= 0.3 is 72.2 Å². The molecule has 0 radical (unpaired) electrons. The number of hydrogen-bond donors (Lipinski definition) is 2. The van der Waals surface area contributed by atoms with Crippen molar-refractivity contribution in [2.24, 2.45) is 7.47 Å². The van der Waals surface area contributed by atoms with Crippen LogP contribution < -0.4 is 0 Å². The second-order valence-electron chi connectivity index (χ2n) is 1.18. The van der Waals surface area contributed by atoms with Crippen LogP contribution in [-0.4, -0.2) is 19.8 Å². The molecule has 6 heteroatoms. The molecular formula is C4H6N4OU. The van der Waals surface area contributed by atoms with Crippen LogP contribution in [0.4, 0.5) is 0 Å². The Morgan fingerprint density at radius 3 is 2.70 bits per heavy atom. The van der Waals surface area contributed by atoms with Crippen molar-refractivity contribution < 1.29 is 32.2 Å². The molecule has 0 aliphatic carbocycles. The Bertz CT molecular complexity index is 205. The summed E-state index contributed by atoms with van der Waals surface area (Å²) in [5.74, 6) is -0.306. The molecule has 0 aliphatic heterocycles. The van der Waals surface area contributed by atoms with Crippen LogP contribution in [-0.2, 0) is 0 Å². The quantitative estimate of drug-likeness (QED) is 0.438. The molecule has 10 heavy (non-hydrogen) atoms. The molecule has 0 aromatic carbocycles. The summed E-state index contributed by atoms with van der Waals surface area (Å²) in [5, 5.41) is 19.3. The third kappa shape index (κ3) is 3.46. The number of aliphatic hydroxyl groups excluding tert-OH is 1. The van der Waals surface area contributed by atoms with Crippen molar-refractivity contribution in [1.82, 2.24) is 5.12 Å². The predicted octanol–water partition coefficient (Wildman–Crippen LogP) is 0.601. The van der Waals surface area contributed by atoms with Crippen LogP contribution in [0.2, 0.25) is 0 Å². The molecule has 5 nitrogen and oxygen atoms in total. The fourth-order valence-electron chi connectivity index (χ4n) is 0.252. The first-order chi connectivity index (χ1) is 4.72. The summed E-state index contributed by atoms with van der Waals surface area (Å²) >= 11 is -1.36. The van der Waals surface area contributed by atoms with E-state index in [9.17, 15) is 0 Å². The minimum absolute atomic E-state index is 0.306. The molecule has 52 valence electrons. The van der Waals surface area contributed by atoms with Crippen LogP contribution in [0.5, 0.6) is 0 Å². The van der Waals surface area contributed by atoms with E-state index in [1.807, 2.05) is 0 Å². The van der Waals surface area contributed by atoms with Crippen molar-refractivity contribution in [3.05, 3.63) is 12.5 Å². The number of nitrogens with one attached hydrogen (secondary N) is 1. The molecule has 0 aromatic rings. The van der Waals surface area contributed by atoms with Crippen LogP contribution in [0.1, 0.15) is 0 Å². The Balaban J connectivity index is 4.40. The van der Waals surface area contributed by atoms with Gasteiger partial charge in [-0.05, 0) is 0 Å². The summed E-state index contributed by atoms with van der Waals surface area (Å²) in [5.41, 5.74) is 0. The van der Waals surface area contributed by atoms with Crippen molar-refractivity contribution in [2.75, 3.05) is 0 Å². The zero-order valence-corrected chi connectivity index (χ0v) is 9.37. The van der Waals surface area contributed by atoms with Crippen LogP contribution >= 0.6 is 0 Å². The zero-order valence-electron chi connectivity index (χ0n) is 5.20. The van der Waals surface area contributed by atoms with Crippen LogP contribution in [0, 0.1) is 32.5 Å². The topological polar surface area (TPSA) is 72.0 Å². The molecule has 0 bridgehead atoms. The fraction of sp³-hybridized carbons (Fsp3) is 0. The van der Waals surface area contributed by atoms with E-state index in [1.54, 1.807) is 6.01 Å². The van der Waals surface area contributed by atoms with Crippen LogP contribution in [0.25, 0.3) is 0 Å². The maximum absolute atomic E-state index is 8.70. The Morgan fingerprint density at radius 1 is 1.80 bits per heavy atom. The summed E-state index contributed by atoms with van der Waals surface area (Å²) < 4.78 is 7.34. The van der Waals surface area contributed by atoms with Gasteiger partial charge in [0.2, 0.25) is 0 Å². The van der Waals surface area contributed by atoms with Crippen molar-refractivity contribution in [2.45, 2.75) is 0 Å². The SMILES string of the molecule is [CH2]=[U]=[N]N(N=C=N)C(=C)O. The maximum atomic E-state index is 8.70. The van der Waals surface area contributed by atoms with E-state index >= 15 is 0 Å². The Kier molecular flexibility index (Phi) is 4.95. The normalized spacial score (nSPS) is 6.80. The number of rotatable bonds is 3. The third-order valence-corrected chi connectivity index (χ3v) is 1.92. The van der Waals surface area contributed by atoms with Crippen LogP contribution in [0.3, 0.4) is 0 Å². The van der Waals surface area contributed by atoms with Gasteiger partial charge < -0.3 is 0 Å². The van der Waals surface area contributed by atoms with Gasteiger partial charge in [-0.3, -0.25) is 0 Å². The molecule has 0 unspecified atom stereocenters. The van der Waals surface area contributed by atoms with Gasteiger partial charge in [0, 0.05) is 0 Å². The van der Waals surface area contributed by atoms with Crippen LogP contribution in [0.15, 0.2) is 19.9 Å². The van der Waals surface area contributed by atoms with Crippen molar-refractivity contribution >= 4 is 9.54 Å². The number of nitrogens with zero attached hydrogens (tertiary/aromatic N) is 3. The zero-order chi connectivity index (χ0) is 7.98. The van der Waals surface area contributed by atoms with Gasteiger partial charge in [0.05, 0.1) is 0 Å². The van der Waals surface area contributed by atoms with Gasteiger partial charge in [0.15, 0.2) is 0 Å². The molecule has 0 saturated carbocycles. The third-order valence-electron chi connectivity index (χ3n) is 0.541. The molecule has 0 aliphatic rings. The Labute approximate surface area is 72.0 Å². The average molecular weight is 364 g/mol. The summed E-state index contributed by atoms with van der Waals surface area (Å²) in [6, 6.07) is 1.73. The Morgan fingerprint density at radius 2 is 2.40 bits per heavy atom. The van der Waals surface area contributed by atoms with Crippen molar-refractivity contribution in [1.29, 1.82) is 5.41 Å². The molecule has 0 fully saturated rings. The molecule has 0 aromatic heterocycles. The van der Waals surface area contributed by atoms with Gasteiger partial charge in [-0.1, -0.05) is 0 Å². The summed E-state index contributed by atoms with van der Waals surface area (Å²) in [7, 11) is 0. The molecule has 0 atom stereocenters. The van der Waals surface area contributed by atoms with E-state index in [2.05, 4.69) is 17.6 Å². The molecule has 0 heterocycles. The van der Waals surface area contributed by atoms with Gasteiger partial charge in [-0.25, -0.2) is 0 Å². The molecular weight excluding hydrogens is 358 g/mol. The molecule has 2 N–H and O–H groups in total. The number of aliphatic hydroxyl groups is 1. The molecule has 0 amide bonds. The van der Waals surface area contributed by atoms with E-state index in [-0.39, 0.29) is 5.88 Å². The van der Waals surface area contributed by atoms with Gasteiger partial charge in [-0.15, -0.1) is 0 Å². The van der Waals surface area contributed by atoms with Gasteiger partial charge in [-0.2, -0.15) is 0 Å². The molecule has 0 saturated heterocycles. The standard InChI is InChI=1S/C3H4N4O.CH2.U/c1-3(8)7(5)6-2-4;;/h4,8H,1H2;1H2;. The van der Waals surface area contributed by atoms with Gasteiger partial charge in [0.1, 0.15) is 0 Å². The predicted molar refractivity (Wildman–Crippen MR) is 33.3 cm³/mol. The average Bonchev–Trinajstić information content (AvgIpc) is 1.87. The first kappa shape index (κ1) is 9.44. The minimum atomic E-state index is -1.36. The first-order valence-corrected chi connectivity index (χ1v) is 7.06. The van der Waals surface area contributed by atoms with E-state index in [1.165, 1.54) is 0 Å². The summed E-state index contributed by atoms with van der Waals surface area (Å²) in [6.07, 6.45) is 0. The van der Waals surface area contributed by atoms with E-state index in [0.29, 0.717) is 0 Å². The summed E-state index contributed by atoms with van der Waals surface area (Å²) in [4.78, 5) is 0. The van der Waals surface area contributed by atoms with Gasteiger partial charge in [0.25, 0.3) is 0 Å². The molecule has 0 rings (SSSR count). The summed E-state index contributed by atoms with van der Waals surface area (Å²) in [6.45, 7) is 3.17. The monoisotopic (exact) mass is 364 g/mol. The second kappa shape index (κ2) is 5.24. The van der Waals surface area contributed by atoms with E-state index in [4.69, 9.17) is 10.5 Å². The fourth-order valence-corrected chi connectivity index (χ4v) is 1.48. The number of hydrazone groups is 1.